The molecule has 2 aromatic carbocycles. The lowest BCUT2D eigenvalue weighted by molar-refractivity contribution is -0.133. The standard InChI is InChI=1S/C24H28N4O4/c1-2-24(19-6-4-3-5-7-19)22(29)28(23(30)25-24)16-27-12-10-26(11-13-27)15-18-8-9-20-21(14-18)32-17-31-20/h3-9,14H,2,10-13,15-17H2,1H3,(H,25,30)/t24-/m0/s1. The van der Waals surface area contributed by atoms with Gasteiger partial charge in [-0.15, -0.1) is 0 Å². The number of rotatable bonds is 6. The number of amides is 3. The van der Waals surface area contributed by atoms with Crippen LogP contribution in [-0.4, -0.2) is 66.3 Å². The molecule has 0 aliphatic carbocycles. The van der Waals surface area contributed by atoms with Crippen molar-refractivity contribution in [3.05, 3.63) is 59.7 Å². The third-order valence-corrected chi connectivity index (χ3v) is 6.62. The summed E-state index contributed by atoms with van der Waals surface area (Å²) < 4.78 is 10.9. The Bertz CT molecular complexity index is 1010. The molecule has 1 N–H and O–H groups in total. The molecule has 2 fully saturated rings. The van der Waals surface area contributed by atoms with Crippen molar-refractivity contribution in [2.45, 2.75) is 25.4 Å². The molecule has 3 amide bonds. The van der Waals surface area contributed by atoms with Gasteiger partial charge in [-0.3, -0.25) is 14.6 Å². The number of imide groups is 1. The van der Waals surface area contributed by atoms with E-state index in [9.17, 15) is 9.59 Å². The van der Waals surface area contributed by atoms with Gasteiger partial charge in [-0.1, -0.05) is 43.3 Å². The summed E-state index contributed by atoms with van der Waals surface area (Å²) >= 11 is 0. The minimum Gasteiger partial charge on any atom is -0.454 e. The number of nitrogens with zero attached hydrogens (tertiary/aromatic N) is 3. The van der Waals surface area contributed by atoms with Crippen LogP contribution in [-0.2, 0) is 16.9 Å². The van der Waals surface area contributed by atoms with E-state index in [4.69, 9.17) is 9.47 Å². The summed E-state index contributed by atoms with van der Waals surface area (Å²) in [6, 6.07) is 15.3. The lowest BCUT2D eigenvalue weighted by Crippen LogP contribution is -2.51. The largest absolute Gasteiger partial charge is 0.454 e. The van der Waals surface area contributed by atoms with Gasteiger partial charge in [-0.2, -0.15) is 0 Å². The number of hydrogen-bond donors (Lipinski definition) is 1. The van der Waals surface area contributed by atoms with Gasteiger partial charge in [-0.25, -0.2) is 9.69 Å². The number of benzene rings is 2. The maximum atomic E-state index is 13.3. The zero-order chi connectivity index (χ0) is 22.1. The first-order valence-corrected chi connectivity index (χ1v) is 11.1. The van der Waals surface area contributed by atoms with Gasteiger partial charge in [0.2, 0.25) is 6.79 Å². The van der Waals surface area contributed by atoms with Crippen molar-refractivity contribution in [2.24, 2.45) is 0 Å². The maximum absolute atomic E-state index is 13.3. The highest BCUT2D eigenvalue weighted by Crippen LogP contribution is 2.34. The van der Waals surface area contributed by atoms with Crippen molar-refractivity contribution in [3.8, 4) is 11.5 Å². The monoisotopic (exact) mass is 436 g/mol. The SMILES string of the molecule is CC[C@@]1(c2ccccc2)NC(=O)N(CN2CCN(Cc3ccc4c(c3)OCO4)CC2)C1=O. The second-order valence-electron chi connectivity index (χ2n) is 8.51. The maximum Gasteiger partial charge on any atom is 0.326 e. The minimum absolute atomic E-state index is 0.168. The van der Waals surface area contributed by atoms with Crippen molar-refractivity contribution in [1.82, 2.24) is 20.0 Å². The fraction of sp³-hybridized carbons (Fsp3) is 0.417. The number of carbonyl (C=O) groups excluding carboxylic acids is 2. The van der Waals surface area contributed by atoms with Crippen LogP contribution in [0, 0.1) is 0 Å². The van der Waals surface area contributed by atoms with Crippen LogP contribution in [0.3, 0.4) is 0 Å². The van der Waals surface area contributed by atoms with Gasteiger partial charge >= 0.3 is 6.03 Å². The van der Waals surface area contributed by atoms with Gasteiger partial charge in [0.25, 0.3) is 5.91 Å². The number of hydrogen-bond acceptors (Lipinski definition) is 6. The zero-order valence-electron chi connectivity index (χ0n) is 18.3. The second-order valence-corrected chi connectivity index (χ2v) is 8.51. The second kappa shape index (κ2) is 8.44. The van der Waals surface area contributed by atoms with Crippen LogP contribution >= 0.6 is 0 Å². The third kappa shape index (κ3) is 3.69. The first-order chi connectivity index (χ1) is 15.6. The molecule has 5 rings (SSSR count). The molecule has 168 valence electrons. The van der Waals surface area contributed by atoms with Crippen molar-refractivity contribution >= 4 is 11.9 Å². The molecule has 8 nitrogen and oxygen atoms in total. The Morgan fingerprint density at radius 1 is 0.938 bits per heavy atom. The van der Waals surface area contributed by atoms with Gasteiger partial charge in [0.15, 0.2) is 11.5 Å². The summed E-state index contributed by atoms with van der Waals surface area (Å²) in [4.78, 5) is 32.0. The Hall–Kier alpha value is -3.10. The zero-order valence-corrected chi connectivity index (χ0v) is 18.3. The quantitative estimate of drug-likeness (QED) is 0.701. The molecule has 0 unspecified atom stereocenters. The smallest absolute Gasteiger partial charge is 0.326 e. The minimum atomic E-state index is -0.973. The van der Waals surface area contributed by atoms with Crippen LogP contribution in [0.1, 0.15) is 24.5 Å². The summed E-state index contributed by atoms with van der Waals surface area (Å²) in [5.74, 6) is 1.43. The van der Waals surface area contributed by atoms with Crippen molar-refractivity contribution in [2.75, 3.05) is 39.6 Å². The third-order valence-electron chi connectivity index (χ3n) is 6.62. The molecule has 3 heterocycles. The number of ether oxygens (including phenoxy) is 2. The average molecular weight is 437 g/mol. The molecule has 0 aromatic heterocycles. The average Bonchev–Trinajstić information content (AvgIpc) is 3.39. The molecule has 3 aliphatic heterocycles. The van der Waals surface area contributed by atoms with E-state index in [0.29, 0.717) is 13.1 Å². The molecule has 0 radical (unpaired) electrons. The van der Waals surface area contributed by atoms with Crippen LogP contribution < -0.4 is 14.8 Å². The Morgan fingerprint density at radius 3 is 2.41 bits per heavy atom. The first kappa shape index (κ1) is 20.8. The highest BCUT2D eigenvalue weighted by Gasteiger charge is 2.51. The molecule has 1 atom stereocenters. The van der Waals surface area contributed by atoms with E-state index in [-0.39, 0.29) is 18.7 Å². The molecule has 0 spiro atoms. The number of nitrogens with one attached hydrogen (secondary N) is 1. The molecular weight excluding hydrogens is 408 g/mol. The van der Waals surface area contributed by atoms with E-state index in [0.717, 1.165) is 49.8 Å². The highest BCUT2D eigenvalue weighted by atomic mass is 16.7. The Morgan fingerprint density at radius 2 is 1.66 bits per heavy atom. The normalized spacial score (nSPS) is 23.6. The van der Waals surface area contributed by atoms with E-state index in [1.807, 2.05) is 49.4 Å². The van der Waals surface area contributed by atoms with Crippen molar-refractivity contribution < 1.29 is 19.1 Å². The fourth-order valence-electron chi connectivity index (χ4n) is 4.70. The predicted octanol–water partition coefficient (Wildman–Crippen LogP) is 2.35. The van der Waals surface area contributed by atoms with Gasteiger partial charge < -0.3 is 14.8 Å². The number of fused-ring (bicyclic) bond motifs is 1. The van der Waals surface area contributed by atoms with Crippen LogP contribution in [0.15, 0.2) is 48.5 Å². The summed E-state index contributed by atoms with van der Waals surface area (Å²) in [5.41, 5.74) is 1.05. The number of piperazine rings is 1. The van der Waals surface area contributed by atoms with E-state index in [2.05, 4.69) is 21.2 Å². The first-order valence-electron chi connectivity index (χ1n) is 11.1. The van der Waals surface area contributed by atoms with E-state index >= 15 is 0 Å². The van der Waals surface area contributed by atoms with E-state index < -0.39 is 5.54 Å². The number of urea groups is 1. The van der Waals surface area contributed by atoms with Gasteiger partial charge in [0.05, 0.1) is 6.67 Å². The molecule has 2 aromatic rings. The Labute approximate surface area is 187 Å². The van der Waals surface area contributed by atoms with Gasteiger partial charge in [-0.05, 0) is 29.7 Å². The Kier molecular flexibility index (Phi) is 5.48. The van der Waals surface area contributed by atoms with Crippen LogP contribution in [0.5, 0.6) is 11.5 Å². The van der Waals surface area contributed by atoms with E-state index in [1.54, 1.807) is 0 Å². The fourth-order valence-corrected chi connectivity index (χ4v) is 4.70. The molecule has 2 saturated heterocycles. The van der Waals surface area contributed by atoms with Crippen LogP contribution in [0.2, 0.25) is 0 Å². The molecule has 8 heteroatoms. The van der Waals surface area contributed by atoms with Crippen molar-refractivity contribution in [3.63, 3.8) is 0 Å². The lowest BCUT2D eigenvalue weighted by atomic mass is 9.87. The highest BCUT2D eigenvalue weighted by molar-refractivity contribution is 6.07. The van der Waals surface area contributed by atoms with Gasteiger partial charge in [0.1, 0.15) is 5.54 Å². The lowest BCUT2D eigenvalue weighted by Gasteiger charge is -2.36. The summed E-state index contributed by atoms with van der Waals surface area (Å²) in [5, 5.41) is 2.96. The molecule has 0 bridgehead atoms. The summed E-state index contributed by atoms with van der Waals surface area (Å²) in [6.07, 6.45) is 0.515. The predicted molar refractivity (Wildman–Crippen MR) is 118 cm³/mol. The Balaban J connectivity index is 1.19. The van der Waals surface area contributed by atoms with Gasteiger partial charge in [0, 0.05) is 32.7 Å². The summed E-state index contributed by atoms with van der Waals surface area (Å²) in [6.45, 7) is 6.70. The van der Waals surface area contributed by atoms with Crippen molar-refractivity contribution in [1.29, 1.82) is 0 Å². The molecule has 0 saturated carbocycles. The van der Waals surface area contributed by atoms with Crippen LogP contribution in [0.25, 0.3) is 0 Å². The van der Waals surface area contributed by atoms with Crippen LogP contribution in [0.4, 0.5) is 4.79 Å². The number of carbonyl (C=O) groups is 2. The molecule has 32 heavy (non-hydrogen) atoms. The topological polar surface area (TPSA) is 74.4 Å². The van der Waals surface area contributed by atoms with E-state index in [1.165, 1.54) is 10.5 Å². The molecular formula is C24H28N4O4. The summed E-state index contributed by atoms with van der Waals surface area (Å²) in [7, 11) is 0. The molecule has 3 aliphatic rings.